The fraction of sp³-hybridized carbons (Fsp3) is 0.875. The highest BCUT2D eigenvalue weighted by molar-refractivity contribution is 5.83. The molecule has 0 aromatic rings. The maximum atomic E-state index is 12.1. The average Bonchev–Trinajstić information content (AvgIpc) is 2.55. The molecule has 1 spiro atoms. The smallest absolute Gasteiger partial charge is 0.241 e. The SMILES string of the molecule is CC(=O)NCC(=O)N1CCC2(CCN(CCO)CC2CO)CC1. The summed E-state index contributed by atoms with van der Waals surface area (Å²) in [7, 11) is 0. The normalized spacial score (nSPS) is 24.7. The molecule has 0 aromatic carbocycles. The minimum atomic E-state index is -0.191. The van der Waals surface area contributed by atoms with E-state index in [2.05, 4.69) is 10.2 Å². The number of β-amino-alcohol motifs (C(OH)–C–C–N with tert-alkyl or cyclic N) is 1. The zero-order chi connectivity index (χ0) is 16.9. The summed E-state index contributed by atoms with van der Waals surface area (Å²) in [5.74, 6) is -0.0212. The van der Waals surface area contributed by atoms with Crippen LogP contribution >= 0.6 is 0 Å². The monoisotopic (exact) mass is 327 g/mol. The predicted molar refractivity (Wildman–Crippen MR) is 85.6 cm³/mol. The minimum Gasteiger partial charge on any atom is -0.396 e. The van der Waals surface area contributed by atoms with E-state index < -0.39 is 0 Å². The van der Waals surface area contributed by atoms with Crippen LogP contribution in [-0.4, -0.2) is 84.3 Å². The quantitative estimate of drug-likeness (QED) is 0.605. The van der Waals surface area contributed by atoms with Crippen molar-refractivity contribution in [3.05, 3.63) is 0 Å². The van der Waals surface area contributed by atoms with Gasteiger partial charge in [-0.3, -0.25) is 9.59 Å². The molecule has 2 aliphatic heterocycles. The van der Waals surface area contributed by atoms with Crippen molar-refractivity contribution in [1.82, 2.24) is 15.1 Å². The lowest BCUT2D eigenvalue weighted by Gasteiger charge is -2.51. The van der Waals surface area contributed by atoms with Gasteiger partial charge in [-0.25, -0.2) is 0 Å². The third-order valence-electron chi connectivity index (χ3n) is 5.51. The van der Waals surface area contributed by atoms with Crippen LogP contribution in [0.4, 0.5) is 0 Å². The van der Waals surface area contributed by atoms with Crippen LogP contribution in [0.5, 0.6) is 0 Å². The molecule has 2 amide bonds. The Hall–Kier alpha value is -1.18. The van der Waals surface area contributed by atoms with Gasteiger partial charge in [-0.15, -0.1) is 0 Å². The molecule has 1 atom stereocenters. The number of nitrogens with zero attached hydrogens (tertiary/aromatic N) is 2. The summed E-state index contributed by atoms with van der Waals surface area (Å²) in [4.78, 5) is 27.0. The fourth-order valence-corrected chi connectivity index (χ4v) is 3.95. The van der Waals surface area contributed by atoms with E-state index in [-0.39, 0.29) is 42.9 Å². The number of hydrogen-bond acceptors (Lipinski definition) is 5. The summed E-state index contributed by atoms with van der Waals surface area (Å²) in [6.45, 7) is 5.57. The lowest BCUT2D eigenvalue weighted by molar-refractivity contribution is -0.136. The summed E-state index contributed by atoms with van der Waals surface area (Å²) in [6, 6.07) is 0. The summed E-state index contributed by atoms with van der Waals surface area (Å²) >= 11 is 0. The van der Waals surface area contributed by atoms with Crippen molar-refractivity contribution in [3.8, 4) is 0 Å². The first-order valence-corrected chi connectivity index (χ1v) is 8.47. The molecule has 0 radical (unpaired) electrons. The average molecular weight is 327 g/mol. The maximum Gasteiger partial charge on any atom is 0.241 e. The second-order valence-corrected chi connectivity index (χ2v) is 6.81. The number of aliphatic hydroxyl groups is 2. The van der Waals surface area contributed by atoms with Gasteiger partial charge in [-0.1, -0.05) is 0 Å². The molecular weight excluding hydrogens is 298 g/mol. The highest BCUT2D eigenvalue weighted by Crippen LogP contribution is 2.45. The van der Waals surface area contributed by atoms with Gasteiger partial charge in [0.1, 0.15) is 0 Å². The maximum absolute atomic E-state index is 12.1. The third kappa shape index (κ3) is 4.43. The topological polar surface area (TPSA) is 93.1 Å². The molecule has 23 heavy (non-hydrogen) atoms. The van der Waals surface area contributed by atoms with E-state index in [1.165, 1.54) is 6.92 Å². The summed E-state index contributed by atoms with van der Waals surface area (Å²) in [6.07, 6.45) is 2.81. The van der Waals surface area contributed by atoms with E-state index in [1.54, 1.807) is 0 Å². The molecule has 132 valence electrons. The molecule has 0 aromatic heterocycles. The Morgan fingerprint density at radius 2 is 1.83 bits per heavy atom. The highest BCUT2D eigenvalue weighted by atomic mass is 16.3. The molecule has 7 heteroatoms. The largest absolute Gasteiger partial charge is 0.396 e. The van der Waals surface area contributed by atoms with Crippen molar-refractivity contribution in [2.75, 3.05) is 52.5 Å². The van der Waals surface area contributed by atoms with Crippen molar-refractivity contribution < 1.29 is 19.8 Å². The number of amides is 2. The van der Waals surface area contributed by atoms with Crippen LogP contribution in [0.1, 0.15) is 26.2 Å². The molecule has 0 aliphatic carbocycles. The molecule has 2 saturated heterocycles. The van der Waals surface area contributed by atoms with Gasteiger partial charge < -0.3 is 25.3 Å². The Bertz CT molecular complexity index is 422. The van der Waals surface area contributed by atoms with Gasteiger partial charge in [-0.2, -0.15) is 0 Å². The van der Waals surface area contributed by atoms with Crippen molar-refractivity contribution in [3.63, 3.8) is 0 Å². The van der Waals surface area contributed by atoms with E-state index in [0.717, 1.165) is 32.4 Å². The summed E-state index contributed by atoms with van der Waals surface area (Å²) in [5, 5.41) is 21.4. The lowest BCUT2D eigenvalue weighted by atomic mass is 9.64. The van der Waals surface area contributed by atoms with E-state index in [9.17, 15) is 14.7 Å². The van der Waals surface area contributed by atoms with Crippen LogP contribution in [0.15, 0.2) is 0 Å². The van der Waals surface area contributed by atoms with Gasteiger partial charge in [0, 0.05) is 45.6 Å². The number of carbonyl (C=O) groups excluding carboxylic acids is 2. The Morgan fingerprint density at radius 3 is 2.39 bits per heavy atom. The molecule has 0 saturated carbocycles. The number of aliphatic hydroxyl groups excluding tert-OH is 2. The Morgan fingerprint density at radius 1 is 1.17 bits per heavy atom. The third-order valence-corrected chi connectivity index (χ3v) is 5.51. The van der Waals surface area contributed by atoms with Crippen LogP contribution in [0, 0.1) is 11.3 Å². The molecule has 3 N–H and O–H groups in total. The van der Waals surface area contributed by atoms with Gasteiger partial charge in [0.15, 0.2) is 0 Å². The second-order valence-electron chi connectivity index (χ2n) is 6.81. The molecule has 2 heterocycles. The number of hydrogen-bond donors (Lipinski definition) is 3. The van der Waals surface area contributed by atoms with Crippen LogP contribution in [0.25, 0.3) is 0 Å². The van der Waals surface area contributed by atoms with E-state index in [0.29, 0.717) is 19.6 Å². The predicted octanol–water partition coefficient (Wildman–Crippen LogP) is -0.962. The number of nitrogens with one attached hydrogen (secondary N) is 1. The number of rotatable bonds is 5. The molecule has 2 aliphatic rings. The van der Waals surface area contributed by atoms with Crippen molar-refractivity contribution >= 4 is 11.8 Å². The van der Waals surface area contributed by atoms with Crippen LogP contribution in [0.3, 0.4) is 0 Å². The highest BCUT2D eigenvalue weighted by Gasteiger charge is 2.44. The Labute approximate surface area is 137 Å². The first-order valence-electron chi connectivity index (χ1n) is 8.47. The number of likely N-dealkylation sites (tertiary alicyclic amines) is 2. The Kier molecular flexibility index (Phi) is 6.38. The van der Waals surface area contributed by atoms with Gasteiger partial charge in [0.2, 0.25) is 11.8 Å². The first-order chi connectivity index (χ1) is 11.0. The second kappa shape index (κ2) is 8.08. The molecule has 7 nitrogen and oxygen atoms in total. The molecule has 1 unspecified atom stereocenters. The molecule has 0 bridgehead atoms. The zero-order valence-electron chi connectivity index (χ0n) is 14.0. The lowest BCUT2D eigenvalue weighted by Crippen LogP contribution is -2.55. The standard InChI is InChI=1S/C16H29N3O4/c1-13(22)17-10-15(23)19-6-3-16(4-7-19)2-5-18(8-9-20)11-14(16)12-21/h14,20-21H,2-12H2,1H3,(H,17,22). The van der Waals surface area contributed by atoms with Crippen molar-refractivity contribution in [1.29, 1.82) is 0 Å². The Balaban J connectivity index is 1.89. The van der Waals surface area contributed by atoms with Crippen molar-refractivity contribution in [2.45, 2.75) is 26.2 Å². The zero-order valence-corrected chi connectivity index (χ0v) is 14.0. The van der Waals surface area contributed by atoms with Crippen LogP contribution in [-0.2, 0) is 9.59 Å². The first kappa shape index (κ1) is 18.2. The molecule has 2 rings (SSSR count). The van der Waals surface area contributed by atoms with E-state index in [4.69, 9.17) is 5.11 Å². The summed E-state index contributed by atoms with van der Waals surface area (Å²) in [5.41, 5.74) is 0.103. The number of carbonyl (C=O) groups is 2. The summed E-state index contributed by atoms with van der Waals surface area (Å²) < 4.78 is 0. The molecular formula is C16H29N3O4. The number of piperidine rings is 2. The van der Waals surface area contributed by atoms with Gasteiger partial charge in [0.25, 0.3) is 0 Å². The minimum absolute atomic E-state index is 0.0340. The van der Waals surface area contributed by atoms with Gasteiger partial charge >= 0.3 is 0 Å². The van der Waals surface area contributed by atoms with Crippen LogP contribution in [0.2, 0.25) is 0 Å². The fourth-order valence-electron chi connectivity index (χ4n) is 3.95. The molecule has 2 fully saturated rings. The van der Waals surface area contributed by atoms with E-state index in [1.807, 2.05) is 4.90 Å². The van der Waals surface area contributed by atoms with Crippen LogP contribution < -0.4 is 5.32 Å². The van der Waals surface area contributed by atoms with E-state index >= 15 is 0 Å². The van der Waals surface area contributed by atoms with Gasteiger partial charge in [0.05, 0.1) is 13.2 Å². The van der Waals surface area contributed by atoms with Gasteiger partial charge in [-0.05, 0) is 31.2 Å². The van der Waals surface area contributed by atoms with Crippen molar-refractivity contribution in [2.24, 2.45) is 11.3 Å².